The molecule has 0 saturated carbocycles. The fraction of sp³-hybridized carbons (Fsp3) is 0.400. The lowest BCUT2D eigenvalue weighted by molar-refractivity contribution is -0.117. The lowest BCUT2D eigenvalue weighted by Crippen LogP contribution is -2.38. The van der Waals surface area contributed by atoms with Gasteiger partial charge in [0.25, 0.3) is 0 Å². The summed E-state index contributed by atoms with van der Waals surface area (Å²) in [7, 11) is 0. The second kappa shape index (κ2) is 10.9. The van der Waals surface area contributed by atoms with Crippen molar-refractivity contribution in [2.24, 2.45) is 5.92 Å². The Balaban J connectivity index is 1.65. The first-order valence-electron chi connectivity index (χ1n) is 10.8. The second-order valence-corrected chi connectivity index (χ2v) is 8.31. The number of benzene rings is 1. The van der Waals surface area contributed by atoms with Crippen LogP contribution in [0, 0.1) is 17.2 Å². The van der Waals surface area contributed by atoms with E-state index in [1.807, 2.05) is 6.92 Å². The Kier molecular flexibility index (Phi) is 8.04. The third kappa shape index (κ3) is 6.09. The van der Waals surface area contributed by atoms with Gasteiger partial charge in [-0.15, -0.1) is 6.58 Å². The van der Waals surface area contributed by atoms with Gasteiger partial charge in [0.2, 0.25) is 11.7 Å². The lowest BCUT2D eigenvalue weighted by Gasteiger charge is -2.26. The molecular weight excluding hydrogens is 424 g/mol. The summed E-state index contributed by atoms with van der Waals surface area (Å²) in [6.45, 7) is 5.96. The molecule has 2 heterocycles. The summed E-state index contributed by atoms with van der Waals surface area (Å²) in [5, 5.41) is 28.9. The monoisotopic (exact) mass is 452 g/mol. The number of hydrogen-bond donors (Lipinski definition) is 2. The van der Waals surface area contributed by atoms with E-state index in [0.717, 1.165) is 24.0 Å². The minimum absolute atomic E-state index is 0.0271. The van der Waals surface area contributed by atoms with Crippen LogP contribution in [0.2, 0.25) is 0 Å². The molecule has 0 bridgehead atoms. The Morgan fingerprint density at radius 2 is 2.06 bits per heavy atom. The molecule has 3 rings (SSSR count). The number of allylic oxidation sites excluding steroid dienone is 1. The van der Waals surface area contributed by atoms with Crippen LogP contribution in [0.1, 0.15) is 60.6 Å². The highest BCUT2D eigenvalue weighted by Gasteiger charge is 2.41. The smallest absolute Gasteiger partial charge is 0.371 e. The number of aliphatic hydroxyl groups is 1. The number of aromatic carboxylic acids is 1. The average molecular weight is 453 g/mol. The molecule has 1 aromatic heterocycles. The van der Waals surface area contributed by atoms with Gasteiger partial charge in [-0.1, -0.05) is 17.7 Å². The number of aliphatic hydroxyl groups excluding tert-OH is 1. The van der Waals surface area contributed by atoms with E-state index < -0.39 is 24.0 Å². The topological polar surface area (TPSA) is 124 Å². The standard InChI is InChI=1S/C25H28N2O6/c1-16(2)4-3-5-22(28)17-6-8-19(9-7-17)27-21(18(13-26)12-24(27)29)15-32-14-20-10-11-23(33-20)25(30)31/h6-11,18,21-22,28H,1,3-5,12,14-15H2,2H3,(H,30,31). The molecular formula is C25H28N2O6. The molecule has 2 N–H and O–H groups in total. The van der Waals surface area contributed by atoms with Crippen LogP contribution in [0.25, 0.3) is 0 Å². The van der Waals surface area contributed by atoms with E-state index >= 15 is 0 Å². The average Bonchev–Trinajstić information content (AvgIpc) is 3.38. The number of hydrogen-bond acceptors (Lipinski definition) is 6. The zero-order chi connectivity index (χ0) is 24.0. The maximum absolute atomic E-state index is 12.7. The van der Waals surface area contributed by atoms with E-state index in [9.17, 15) is 20.0 Å². The minimum atomic E-state index is -1.16. The predicted octanol–water partition coefficient (Wildman–Crippen LogP) is 4.22. The van der Waals surface area contributed by atoms with E-state index in [-0.39, 0.29) is 31.3 Å². The first kappa shape index (κ1) is 24.2. The Hall–Kier alpha value is -3.41. The molecule has 2 aromatic rings. The molecule has 1 amide bonds. The summed E-state index contributed by atoms with van der Waals surface area (Å²) >= 11 is 0. The number of nitrogens with zero attached hydrogens (tertiary/aromatic N) is 2. The van der Waals surface area contributed by atoms with Crippen molar-refractivity contribution in [1.29, 1.82) is 5.26 Å². The Morgan fingerprint density at radius 1 is 1.33 bits per heavy atom. The molecule has 3 atom stereocenters. The normalized spacial score (nSPS) is 18.8. The van der Waals surface area contributed by atoms with Crippen molar-refractivity contribution in [1.82, 2.24) is 0 Å². The van der Waals surface area contributed by atoms with Crippen molar-refractivity contribution < 1.29 is 29.0 Å². The van der Waals surface area contributed by atoms with Gasteiger partial charge in [0, 0.05) is 12.1 Å². The summed E-state index contributed by atoms with van der Waals surface area (Å²) in [5.74, 6) is -1.69. The van der Waals surface area contributed by atoms with Crippen molar-refractivity contribution in [3.63, 3.8) is 0 Å². The molecule has 1 aromatic carbocycles. The van der Waals surface area contributed by atoms with Gasteiger partial charge in [-0.2, -0.15) is 5.26 Å². The van der Waals surface area contributed by atoms with Crippen LogP contribution in [0.4, 0.5) is 5.69 Å². The second-order valence-electron chi connectivity index (χ2n) is 8.31. The van der Waals surface area contributed by atoms with Crippen LogP contribution in [-0.2, 0) is 16.1 Å². The molecule has 1 aliphatic heterocycles. The van der Waals surface area contributed by atoms with Crippen LogP contribution < -0.4 is 4.90 Å². The van der Waals surface area contributed by atoms with Gasteiger partial charge < -0.3 is 24.3 Å². The van der Waals surface area contributed by atoms with Gasteiger partial charge in [0.1, 0.15) is 12.4 Å². The van der Waals surface area contributed by atoms with Crippen molar-refractivity contribution in [3.8, 4) is 6.07 Å². The van der Waals surface area contributed by atoms with Crippen molar-refractivity contribution in [3.05, 3.63) is 65.6 Å². The van der Waals surface area contributed by atoms with Crippen molar-refractivity contribution >= 4 is 17.6 Å². The van der Waals surface area contributed by atoms with Gasteiger partial charge in [-0.05, 0) is 56.0 Å². The Morgan fingerprint density at radius 3 is 2.67 bits per heavy atom. The van der Waals surface area contributed by atoms with Gasteiger partial charge in [0.15, 0.2) is 0 Å². The number of carboxylic acids is 1. The van der Waals surface area contributed by atoms with Crippen LogP contribution in [0.15, 0.2) is 53.0 Å². The summed E-state index contributed by atoms with van der Waals surface area (Å²) in [6, 6.07) is 11.7. The van der Waals surface area contributed by atoms with Crippen LogP contribution in [0.5, 0.6) is 0 Å². The zero-order valence-corrected chi connectivity index (χ0v) is 18.6. The molecule has 174 valence electrons. The van der Waals surface area contributed by atoms with Gasteiger partial charge in [-0.25, -0.2) is 4.79 Å². The number of rotatable bonds is 11. The van der Waals surface area contributed by atoms with E-state index in [0.29, 0.717) is 17.9 Å². The maximum Gasteiger partial charge on any atom is 0.371 e. The molecule has 33 heavy (non-hydrogen) atoms. The number of carboxylic acid groups (broad SMARTS) is 1. The minimum Gasteiger partial charge on any atom is -0.475 e. The van der Waals surface area contributed by atoms with Crippen LogP contribution in [0.3, 0.4) is 0 Å². The molecule has 0 spiro atoms. The highest BCUT2D eigenvalue weighted by Crippen LogP contribution is 2.32. The predicted molar refractivity (Wildman–Crippen MR) is 120 cm³/mol. The molecule has 0 aliphatic carbocycles. The van der Waals surface area contributed by atoms with E-state index in [4.69, 9.17) is 14.3 Å². The highest BCUT2D eigenvalue weighted by molar-refractivity contribution is 5.97. The maximum atomic E-state index is 12.7. The fourth-order valence-corrected chi connectivity index (χ4v) is 3.92. The molecule has 1 aliphatic rings. The Bertz CT molecular complexity index is 1040. The zero-order valence-electron chi connectivity index (χ0n) is 18.6. The number of carbonyl (C=O) groups excluding carboxylic acids is 1. The molecule has 0 radical (unpaired) electrons. The first-order valence-corrected chi connectivity index (χ1v) is 10.8. The third-order valence-corrected chi connectivity index (χ3v) is 5.67. The number of amides is 1. The third-order valence-electron chi connectivity index (χ3n) is 5.67. The molecule has 3 unspecified atom stereocenters. The first-order chi connectivity index (χ1) is 15.8. The molecule has 1 fully saturated rings. The van der Waals surface area contributed by atoms with Gasteiger partial charge in [0.05, 0.1) is 30.7 Å². The number of nitriles is 1. The van der Waals surface area contributed by atoms with Gasteiger partial charge >= 0.3 is 5.97 Å². The quantitative estimate of drug-likeness (QED) is 0.489. The number of carbonyl (C=O) groups is 2. The van der Waals surface area contributed by atoms with E-state index in [1.54, 1.807) is 29.2 Å². The van der Waals surface area contributed by atoms with Gasteiger partial charge in [-0.3, -0.25) is 4.79 Å². The Labute approximate surface area is 192 Å². The van der Waals surface area contributed by atoms with Crippen LogP contribution in [-0.4, -0.2) is 34.7 Å². The SMILES string of the molecule is C=C(C)CCCC(O)c1ccc(N2C(=O)CC(C#N)C2COCc2ccc(C(=O)O)o2)cc1. The van der Waals surface area contributed by atoms with E-state index in [1.165, 1.54) is 12.1 Å². The number of furan rings is 1. The number of ether oxygens (including phenoxy) is 1. The van der Waals surface area contributed by atoms with E-state index in [2.05, 4.69) is 12.6 Å². The molecule has 8 heteroatoms. The van der Waals surface area contributed by atoms with Crippen molar-refractivity contribution in [2.45, 2.75) is 51.4 Å². The highest BCUT2D eigenvalue weighted by atomic mass is 16.5. The summed E-state index contributed by atoms with van der Waals surface area (Å²) < 4.78 is 10.8. The van der Waals surface area contributed by atoms with Crippen molar-refractivity contribution in [2.75, 3.05) is 11.5 Å². The summed E-state index contributed by atoms with van der Waals surface area (Å²) in [5.41, 5.74) is 2.49. The number of anilines is 1. The lowest BCUT2D eigenvalue weighted by atomic mass is 10.0. The fourth-order valence-electron chi connectivity index (χ4n) is 3.92. The summed E-state index contributed by atoms with van der Waals surface area (Å²) in [6.07, 6.45) is 1.83. The molecule has 1 saturated heterocycles. The van der Waals surface area contributed by atoms with Crippen LogP contribution >= 0.6 is 0 Å². The summed E-state index contributed by atoms with van der Waals surface area (Å²) in [4.78, 5) is 25.2. The molecule has 8 nitrogen and oxygen atoms in total. The largest absolute Gasteiger partial charge is 0.475 e.